The number of aryl methyl sites for hydroxylation is 1. The van der Waals surface area contributed by atoms with E-state index < -0.39 is 0 Å². The molecule has 2 aromatic heterocycles. The number of hydrogen-bond donors (Lipinski definition) is 1. The maximum atomic E-state index is 5.86. The summed E-state index contributed by atoms with van der Waals surface area (Å²) in [5, 5.41) is 4.42. The quantitative estimate of drug-likeness (QED) is 0.773. The van der Waals surface area contributed by atoms with Gasteiger partial charge in [-0.25, -0.2) is 9.97 Å². The summed E-state index contributed by atoms with van der Waals surface area (Å²) >= 11 is 0. The predicted octanol–water partition coefficient (Wildman–Crippen LogP) is 4.33. The van der Waals surface area contributed by atoms with Gasteiger partial charge in [-0.05, 0) is 32.4 Å². The summed E-state index contributed by atoms with van der Waals surface area (Å²) < 4.78 is 5.86. The first-order valence-electron chi connectivity index (χ1n) is 7.27. The van der Waals surface area contributed by atoms with Crippen LogP contribution in [0.3, 0.4) is 0 Å². The summed E-state index contributed by atoms with van der Waals surface area (Å²) in [5.74, 6) is 2.23. The molecule has 0 aliphatic heterocycles. The van der Waals surface area contributed by atoms with Gasteiger partial charge in [0.25, 0.3) is 0 Å². The van der Waals surface area contributed by atoms with Crippen LogP contribution in [0, 0.1) is 13.8 Å². The van der Waals surface area contributed by atoms with Crippen molar-refractivity contribution in [1.82, 2.24) is 9.97 Å². The Morgan fingerprint density at radius 1 is 1.14 bits per heavy atom. The first-order valence-corrected chi connectivity index (χ1v) is 7.27. The molecule has 0 aliphatic carbocycles. The van der Waals surface area contributed by atoms with Crippen molar-refractivity contribution in [2.45, 2.75) is 27.2 Å². The van der Waals surface area contributed by atoms with Crippen molar-refractivity contribution in [2.24, 2.45) is 0 Å². The molecule has 1 aromatic carbocycles. The lowest BCUT2D eigenvalue weighted by molar-refractivity contribution is 0.624. The molecule has 0 atom stereocenters. The van der Waals surface area contributed by atoms with Crippen molar-refractivity contribution < 1.29 is 4.42 Å². The molecule has 0 unspecified atom stereocenters. The molecule has 0 bridgehead atoms. The van der Waals surface area contributed by atoms with Gasteiger partial charge in [-0.15, -0.1) is 0 Å². The van der Waals surface area contributed by atoms with E-state index >= 15 is 0 Å². The molecular formula is C17H19N3O. The van der Waals surface area contributed by atoms with Crippen molar-refractivity contribution in [3.05, 3.63) is 41.6 Å². The zero-order valence-electron chi connectivity index (χ0n) is 12.6. The number of furan rings is 1. The topological polar surface area (TPSA) is 51.0 Å². The van der Waals surface area contributed by atoms with Crippen LogP contribution in [-0.2, 0) is 0 Å². The van der Waals surface area contributed by atoms with Gasteiger partial charge in [-0.3, -0.25) is 0 Å². The molecular weight excluding hydrogens is 262 g/mol. The number of para-hydroxylation sites is 1. The zero-order chi connectivity index (χ0) is 14.8. The maximum Gasteiger partial charge on any atom is 0.197 e. The van der Waals surface area contributed by atoms with E-state index in [1.807, 2.05) is 44.2 Å². The molecule has 0 radical (unpaired) electrons. The summed E-state index contributed by atoms with van der Waals surface area (Å²) in [5.41, 5.74) is 2.92. The van der Waals surface area contributed by atoms with E-state index in [-0.39, 0.29) is 0 Å². The number of nitrogens with one attached hydrogen (secondary N) is 1. The van der Waals surface area contributed by atoms with Crippen molar-refractivity contribution in [2.75, 3.05) is 11.9 Å². The standard InChI is InChI=1S/C17H19N3O/c1-4-9-18-16-11(2)12(3)19-17(20-16)15-10-13-7-5-6-8-14(13)21-15/h5-8,10H,4,9H2,1-3H3,(H,18,19,20). The largest absolute Gasteiger partial charge is 0.453 e. The van der Waals surface area contributed by atoms with Crippen LogP contribution >= 0.6 is 0 Å². The van der Waals surface area contributed by atoms with Crippen molar-refractivity contribution >= 4 is 16.8 Å². The lowest BCUT2D eigenvalue weighted by atomic mass is 10.2. The summed E-state index contributed by atoms with van der Waals surface area (Å²) in [6.07, 6.45) is 1.06. The molecule has 0 saturated carbocycles. The number of rotatable bonds is 4. The second-order valence-corrected chi connectivity index (χ2v) is 5.18. The minimum atomic E-state index is 0.632. The molecule has 108 valence electrons. The molecule has 3 aromatic rings. The van der Waals surface area contributed by atoms with Gasteiger partial charge >= 0.3 is 0 Å². The number of nitrogens with zero attached hydrogens (tertiary/aromatic N) is 2. The fourth-order valence-electron chi connectivity index (χ4n) is 2.25. The van der Waals surface area contributed by atoms with Crippen LogP contribution in [0.2, 0.25) is 0 Å². The fraction of sp³-hybridized carbons (Fsp3) is 0.294. The average Bonchev–Trinajstić information content (AvgIpc) is 2.92. The van der Waals surface area contributed by atoms with E-state index in [0.717, 1.165) is 41.0 Å². The Balaban J connectivity index is 2.06. The molecule has 0 aliphatic rings. The molecule has 4 heteroatoms. The van der Waals surface area contributed by atoms with Crippen LogP contribution < -0.4 is 5.32 Å². The fourth-order valence-corrected chi connectivity index (χ4v) is 2.25. The van der Waals surface area contributed by atoms with Gasteiger partial charge in [-0.2, -0.15) is 0 Å². The van der Waals surface area contributed by atoms with Crippen LogP contribution in [0.15, 0.2) is 34.7 Å². The Bertz CT molecular complexity index is 744. The minimum Gasteiger partial charge on any atom is -0.453 e. The molecule has 0 fully saturated rings. The van der Waals surface area contributed by atoms with Gasteiger partial charge in [0.15, 0.2) is 11.6 Å². The SMILES string of the molecule is CCCNc1nc(-c2cc3ccccc3o2)nc(C)c1C. The van der Waals surface area contributed by atoms with Crippen LogP contribution in [-0.4, -0.2) is 16.5 Å². The third-order valence-corrected chi connectivity index (χ3v) is 3.58. The van der Waals surface area contributed by atoms with E-state index in [4.69, 9.17) is 4.42 Å². The smallest absolute Gasteiger partial charge is 0.197 e. The van der Waals surface area contributed by atoms with Crippen molar-refractivity contribution in [3.63, 3.8) is 0 Å². The highest BCUT2D eigenvalue weighted by atomic mass is 16.3. The van der Waals surface area contributed by atoms with E-state index in [9.17, 15) is 0 Å². The molecule has 2 heterocycles. The Kier molecular flexibility index (Phi) is 3.60. The summed E-state index contributed by atoms with van der Waals surface area (Å²) in [7, 11) is 0. The third kappa shape index (κ3) is 2.61. The highest BCUT2D eigenvalue weighted by Crippen LogP contribution is 2.27. The normalized spacial score (nSPS) is 11.0. The first-order chi connectivity index (χ1) is 10.2. The Labute approximate surface area is 124 Å². The lowest BCUT2D eigenvalue weighted by Crippen LogP contribution is -2.07. The molecule has 4 nitrogen and oxygen atoms in total. The van der Waals surface area contributed by atoms with Crippen LogP contribution in [0.1, 0.15) is 24.6 Å². The molecule has 0 spiro atoms. The number of benzene rings is 1. The zero-order valence-corrected chi connectivity index (χ0v) is 12.6. The summed E-state index contributed by atoms with van der Waals surface area (Å²) in [6, 6.07) is 9.93. The average molecular weight is 281 g/mol. The number of anilines is 1. The van der Waals surface area contributed by atoms with E-state index in [2.05, 4.69) is 22.2 Å². The predicted molar refractivity (Wildman–Crippen MR) is 85.5 cm³/mol. The highest BCUT2D eigenvalue weighted by Gasteiger charge is 2.13. The van der Waals surface area contributed by atoms with Crippen molar-refractivity contribution in [3.8, 4) is 11.6 Å². The van der Waals surface area contributed by atoms with Crippen molar-refractivity contribution in [1.29, 1.82) is 0 Å². The van der Waals surface area contributed by atoms with Gasteiger partial charge < -0.3 is 9.73 Å². The maximum absolute atomic E-state index is 5.86. The second-order valence-electron chi connectivity index (χ2n) is 5.18. The van der Waals surface area contributed by atoms with Gasteiger partial charge in [-0.1, -0.05) is 25.1 Å². The molecule has 0 amide bonds. The molecule has 1 N–H and O–H groups in total. The van der Waals surface area contributed by atoms with E-state index in [0.29, 0.717) is 11.6 Å². The van der Waals surface area contributed by atoms with E-state index in [1.165, 1.54) is 0 Å². The Hall–Kier alpha value is -2.36. The van der Waals surface area contributed by atoms with Gasteiger partial charge in [0.05, 0.1) is 0 Å². The first kappa shape index (κ1) is 13.6. The van der Waals surface area contributed by atoms with Crippen LogP contribution in [0.5, 0.6) is 0 Å². The molecule has 21 heavy (non-hydrogen) atoms. The third-order valence-electron chi connectivity index (χ3n) is 3.58. The van der Waals surface area contributed by atoms with Gasteiger partial charge in [0, 0.05) is 23.2 Å². The van der Waals surface area contributed by atoms with Crippen LogP contribution in [0.4, 0.5) is 5.82 Å². The highest BCUT2D eigenvalue weighted by molar-refractivity contribution is 5.81. The molecule has 3 rings (SSSR count). The summed E-state index contributed by atoms with van der Waals surface area (Å²) in [4.78, 5) is 9.18. The summed E-state index contributed by atoms with van der Waals surface area (Å²) in [6.45, 7) is 7.07. The van der Waals surface area contributed by atoms with Gasteiger partial charge in [0.2, 0.25) is 0 Å². The van der Waals surface area contributed by atoms with Gasteiger partial charge in [0.1, 0.15) is 11.4 Å². The Morgan fingerprint density at radius 2 is 1.95 bits per heavy atom. The number of aromatic nitrogens is 2. The number of hydrogen-bond acceptors (Lipinski definition) is 4. The number of fused-ring (bicyclic) bond motifs is 1. The van der Waals surface area contributed by atoms with E-state index in [1.54, 1.807) is 0 Å². The molecule has 0 saturated heterocycles. The minimum absolute atomic E-state index is 0.632. The Morgan fingerprint density at radius 3 is 2.71 bits per heavy atom. The second kappa shape index (κ2) is 5.56. The monoisotopic (exact) mass is 281 g/mol. The van der Waals surface area contributed by atoms with Crippen LogP contribution in [0.25, 0.3) is 22.6 Å². The lowest BCUT2D eigenvalue weighted by Gasteiger charge is -2.10.